The summed E-state index contributed by atoms with van der Waals surface area (Å²) in [6, 6.07) is 5.51. The Morgan fingerprint density at radius 3 is 2.75 bits per heavy atom. The van der Waals surface area contributed by atoms with E-state index in [1.807, 2.05) is 31.4 Å². The number of hydrogen-bond acceptors (Lipinski definition) is 7. The van der Waals surface area contributed by atoms with E-state index >= 15 is 0 Å². The number of furan rings is 1. The standard InChI is InChI=1S/C16H17N5O2S/c1-10-6-11(2)19-15(18-10)21-16-20-12(9-24-16)7-14(22)17-8-13-4-3-5-23-13/h3-6,9H,7-8H2,1-2H3,(H,17,22)(H,18,19,20,21). The smallest absolute Gasteiger partial charge is 0.229 e. The lowest BCUT2D eigenvalue weighted by atomic mass is 10.3. The molecule has 3 heterocycles. The first-order chi connectivity index (χ1) is 11.6. The highest BCUT2D eigenvalue weighted by atomic mass is 32.1. The van der Waals surface area contributed by atoms with Crippen LogP contribution >= 0.6 is 11.3 Å². The van der Waals surface area contributed by atoms with Crippen LogP contribution in [0.3, 0.4) is 0 Å². The average Bonchev–Trinajstić information content (AvgIpc) is 3.16. The highest BCUT2D eigenvalue weighted by Crippen LogP contribution is 2.19. The van der Waals surface area contributed by atoms with Gasteiger partial charge in [0.25, 0.3) is 0 Å². The molecule has 0 fully saturated rings. The Kier molecular flexibility index (Phi) is 4.85. The molecular weight excluding hydrogens is 326 g/mol. The molecule has 0 bridgehead atoms. The molecule has 0 saturated heterocycles. The fraction of sp³-hybridized carbons (Fsp3) is 0.250. The molecule has 8 heteroatoms. The molecule has 0 aliphatic heterocycles. The number of aryl methyl sites for hydroxylation is 2. The van der Waals surface area contributed by atoms with Crippen molar-refractivity contribution in [1.29, 1.82) is 0 Å². The summed E-state index contributed by atoms with van der Waals surface area (Å²) in [5, 5.41) is 8.37. The Morgan fingerprint density at radius 2 is 2.04 bits per heavy atom. The van der Waals surface area contributed by atoms with Gasteiger partial charge >= 0.3 is 0 Å². The van der Waals surface area contributed by atoms with Crippen molar-refractivity contribution in [3.05, 3.63) is 52.7 Å². The maximum atomic E-state index is 11.9. The van der Waals surface area contributed by atoms with Gasteiger partial charge in [-0.3, -0.25) is 4.79 Å². The van der Waals surface area contributed by atoms with Crippen LogP contribution in [0.15, 0.2) is 34.3 Å². The maximum absolute atomic E-state index is 11.9. The summed E-state index contributed by atoms with van der Waals surface area (Å²) in [7, 11) is 0. The van der Waals surface area contributed by atoms with Crippen molar-refractivity contribution in [3.8, 4) is 0 Å². The van der Waals surface area contributed by atoms with Gasteiger partial charge in [-0.25, -0.2) is 15.0 Å². The lowest BCUT2D eigenvalue weighted by molar-refractivity contribution is -0.120. The van der Waals surface area contributed by atoms with Crippen LogP contribution in [0.1, 0.15) is 22.8 Å². The van der Waals surface area contributed by atoms with E-state index < -0.39 is 0 Å². The van der Waals surface area contributed by atoms with Crippen LogP contribution in [0.4, 0.5) is 11.1 Å². The van der Waals surface area contributed by atoms with Crippen molar-refractivity contribution >= 4 is 28.3 Å². The number of anilines is 2. The van der Waals surface area contributed by atoms with Crippen molar-refractivity contribution in [3.63, 3.8) is 0 Å². The van der Waals surface area contributed by atoms with Crippen molar-refractivity contribution in [2.24, 2.45) is 0 Å². The van der Waals surface area contributed by atoms with Crippen LogP contribution in [0.5, 0.6) is 0 Å². The minimum Gasteiger partial charge on any atom is -0.467 e. The molecule has 3 aromatic heterocycles. The van der Waals surface area contributed by atoms with Crippen molar-refractivity contribution in [1.82, 2.24) is 20.3 Å². The van der Waals surface area contributed by atoms with Crippen LogP contribution in [0.2, 0.25) is 0 Å². The van der Waals surface area contributed by atoms with Gasteiger partial charge in [0, 0.05) is 16.8 Å². The van der Waals surface area contributed by atoms with E-state index in [0.717, 1.165) is 17.1 Å². The molecule has 124 valence electrons. The van der Waals surface area contributed by atoms with E-state index in [2.05, 4.69) is 25.6 Å². The molecule has 0 atom stereocenters. The van der Waals surface area contributed by atoms with Crippen molar-refractivity contribution in [2.45, 2.75) is 26.8 Å². The summed E-state index contributed by atoms with van der Waals surface area (Å²) in [4.78, 5) is 24.9. The second kappa shape index (κ2) is 7.22. The van der Waals surface area contributed by atoms with Gasteiger partial charge in [0.1, 0.15) is 5.76 Å². The molecule has 7 nitrogen and oxygen atoms in total. The molecule has 0 saturated carbocycles. The van der Waals surface area contributed by atoms with Gasteiger partial charge in [0.15, 0.2) is 5.13 Å². The predicted molar refractivity (Wildman–Crippen MR) is 91.2 cm³/mol. The third kappa shape index (κ3) is 4.39. The van der Waals surface area contributed by atoms with E-state index in [4.69, 9.17) is 4.42 Å². The first-order valence-electron chi connectivity index (χ1n) is 7.41. The highest BCUT2D eigenvalue weighted by molar-refractivity contribution is 7.13. The van der Waals surface area contributed by atoms with Gasteiger partial charge in [0.05, 0.1) is 24.9 Å². The molecule has 0 radical (unpaired) electrons. The van der Waals surface area contributed by atoms with Gasteiger partial charge in [-0.15, -0.1) is 11.3 Å². The van der Waals surface area contributed by atoms with Crippen LogP contribution in [-0.4, -0.2) is 20.9 Å². The van der Waals surface area contributed by atoms with Gasteiger partial charge in [0.2, 0.25) is 11.9 Å². The molecule has 0 aliphatic rings. The quantitative estimate of drug-likeness (QED) is 0.715. The van der Waals surface area contributed by atoms with E-state index in [1.54, 1.807) is 12.3 Å². The number of aromatic nitrogens is 3. The Bertz CT molecular complexity index is 809. The number of hydrogen-bond donors (Lipinski definition) is 2. The molecule has 2 N–H and O–H groups in total. The largest absolute Gasteiger partial charge is 0.467 e. The monoisotopic (exact) mass is 343 g/mol. The minimum absolute atomic E-state index is 0.106. The summed E-state index contributed by atoms with van der Waals surface area (Å²) < 4.78 is 5.17. The van der Waals surface area contributed by atoms with Crippen molar-refractivity contribution < 1.29 is 9.21 Å². The zero-order valence-corrected chi connectivity index (χ0v) is 14.2. The molecule has 3 rings (SSSR count). The first kappa shape index (κ1) is 16.1. The summed E-state index contributed by atoms with van der Waals surface area (Å²) in [5.41, 5.74) is 2.47. The number of carbonyl (C=O) groups is 1. The molecule has 1 amide bonds. The van der Waals surface area contributed by atoms with E-state index in [1.165, 1.54) is 11.3 Å². The van der Waals surface area contributed by atoms with E-state index in [0.29, 0.717) is 23.3 Å². The summed E-state index contributed by atoms with van der Waals surface area (Å²) >= 11 is 1.41. The number of nitrogens with one attached hydrogen (secondary N) is 2. The summed E-state index contributed by atoms with van der Waals surface area (Å²) in [5.74, 6) is 1.12. The molecule has 0 aliphatic carbocycles. The fourth-order valence-corrected chi connectivity index (χ4v) is 2.85. The Hall–Kier alpha value is -2.74. The zero-order chi connectivity index (χ0) is 16.9. The van der Waals surface area contributed by atoms with Gasteiger partial charge in [-0.1, -0.05) is 0 Å². The number of nitrogens with zero attached hydrogens (tertiary/aromatic N) is 3. The lowest BCUT2D eigenvalue weighted by Crippen LogP contribution is -2.24. The lowest BCUT2D eigenvalue weighted by Gasteiger charge is -2.03. The zero-order valence-electron chi connectivity index (χ0n) is 13.4. The second-order valence-corrected chi connectivity index (χ2v) is 6.13. The summed E-state index contributed by atoms with van der Waals surface area (Å²) in [6.45, 7) is 4.20. The van der Waals surface area contributed by atoms with Crippen LogP contribution < -0.4 is 10.6 Å². The molecule has 3 aromatic rings. The number of amides is 1. The number of rotatable bonds is 6. The van der Waals surface area contributed by atoms with Gasteiger partial charge in [-0.05, 0) is 32.0 Å². The third-order valence-corrected chi connectivity index (χ3v) is 3.94. The summed E-state index contributed by atoms with van der Waals surface area (Å²) in [6.07, 6.45) is 1.79. The maximum Gasteiger partial charge on any atom is 0.229 e. The first-order valence-corrected chi connectivity index (χ1v) is 8.29. The average molecular weight is 343 g/mol. The van der Waals surface area contributed by atoms with Gasteiger partial charge < -0.3 is 15.1 Å². The molecular formula is C16H17N5O2S. The Balaban J connectivity index is 1.55. The molecule has 24 heavy (non-hydrogen) atoms. The fourth-order valence-electron chi connectivity index (χ4n) is 2.15. The number of thiazole rings is 1. The molecule has 0 spiro atoms. The Labute approximate surface area is 143 Å². The third-order valence-electron chi connectivity index (χ3n) is 3.13. The Morgan fingerprint density at radius 1 is 1.25 bits per heavy atom. The normalized spacial score (nSPS) is 10.6. The minimum atomic E-state index is -0.106. The predicted octanol–water partition coefficient (Wildman–Crippen LogP) is 2.75. The SMILES string of the molecule is Cc1cc(C)nc(Nc2nc(CC(=O)NCc3ccco3)cs2)n1. The van der Waals surface area contributed by atoms with E-state index in [-0.39, 0.29) is 12.3 Å². The van der Waals surface area contributed by atoms with Crippen LogP contribution in [0.25, 0.3) is 0 Å². The number of carbonyl (C=O) groups excluding carboxylic acids is 1. The highest BCUT2D eigenvalue weighted by Gasteiger charge is 2.09. The van der Waals surface area contributed by atoms with Crippen LogP contribution in [-0.2, 0) is 17.8 Å². The second-order valence-electron chi connectivity index (χ2n) is 5.28. The van der Waals surface area contributed by atoms with Gasteiger partial charge in [-0.2, -0.15) is 0 Å². The van der Waals surface area contributed by atoms with Crippen LogP contribution in [0, 0.1) is 13.8 Å². The molecule has 0 unspecified atom stereocenters. The molecule has 0 aromatic carbocycles. The van der Waals surface area contributed by atoms with E-state index in [9.17, 15) is 4.79 Å². The van der Waals surface area contributed by atoms with Crippen molar-refractivity contribution in [2.75, 3.05) is 5.32 Å². The topological polar surface area (TPSA) is 92.9 Å².